The standard InChI is InChI=1S/C14H20FN3O2S/c15-12-1-3-13(4-2-12)17-7-9-18(10-8-17)21(19,20)14-5-6-16-11-14/h1-4,14,16H,5-11H2. The summed E-state index contributed by atoms with van der Waals surface area (Å²) in [6.45, 7) is 3.61. The average molecular weight is 313 g/mol. The normalized spacial score (nSPS) is 24.4. The third-order valence-corrected chi connectivity index (χ3v) is 6.56. The molecule has 1 aromatic carbocycles. The molecule has 0 bridgehead atoms. The Morgan fingerprint density at radius 2 is 1.76 bits per heavy atom. The Balaban J connectivity index is 1.63. The number of hydrogen-bond acceptors (Lipinski definition) is 4. The van der Waals surface area contributed by atoms with Crippen LogP contribution in [0.3, 0.4) is 0 Å². The number of piperazine rings is 1. The van der Waals surface area contributed by atoms with Crippen molar-refractivity contribution in [2.24, 2.45) is 0 Å². The van der Waals surface area contributed by atoms with Gasteiger partial charge in [0.25, 0.3) is 0 Å². The lowest BCUT2D eigenvalue weighted by Crippen LogP contribution is -2.51. The summed E-state index contributed by atoms with van der Waals surface area (Å²) in [6.07, 6.45) is 0.695. The van der Waals surface area contributed by atoms with Gasteiger partial charge in [0.1, 0.15) is 5.82 Å². The van der Waals surface area contributed by atoms with Crippen LogP contribution in [-0.2, 0) is 10.0 Å². The molecule has 0 amide bonds. The molecule has 1 atom stereocenters. The molecule has 1 aromatic rings. The van der Waals surface area contributed by atoms with Gasteiger partial charge in [0, 0.05) is 38.4 Å². The number of halogens is 1. The molecule has 1 N–H and O–H groups in total. The van der Waals surface area contributed by atoms with Crippen LogP contribution < -0.4 is 10.2 Å². The van der Waals surface area contributed by atoms with E-state index in [1.165, 1.54) is 12.1 Å². The summed E-state index contributed by atoms with van der Waals surface area (Å²) < 4.78 is 39.5. The first kappa shape index (κ1) is 14.7. The van der Waals surface area contributed by atoms with E-state index in [2.05, 4.69) is 10.2 Å². The number of nitrogens with one attached hydrogen (secondary N) is 1. The number of benzene rings is 1. The van der Waals surface area contributed by atoms with E-state index in [0.29, 0.717) is 39.1 Å². The monoisotopic (exact) mass is 313 g/mol. The third kappa shape index (κ3) is 3.04. The minimum atomic E-state index is -3.19. The molecule has 7 heteroatoms. The Morgan fingerprint density at radius 1 is 1.10 bits per heavy atom. The Kier molecular flexibility index (Phi) is 4.14. The zero-order valence-electron chi connectivity index (χ0n) is 11.8. The summed E-state index contributed by atoms with van der Waals surface area (Å²) in [5, 5.41) is 2.82. The van der Waals surface area contributed by atoms with Gasteiger partial charge in [0.2, 0.25) is 10.0 Å². The molecule has 3 rings (SSSR count). The van der Waals surface area contributed by atoms with Crippen LogP contribution in [0.2, 0.25) is 0 Å². The average Bonchev–Trinajstić information content (AvgIpc) is 3.03. The zero-order valence-corrected chi connectivity index (χ0v) is 12.7. The van der Waals surface area contributed by atoms with Crippen LogP contribution in [0.4, 0.5) is 10.1 Å². The molecule has 21 heavy (non-hydrogen) atoms. The van der Waals surface area contributed by atoms with Gasteiger partial charge in [-0.25, -0.2) is 12.8 Å². The van der Waals surface area contributed by atoms with Gasteiger partial charge in [0.15, 0.2) is 0 Å². The minimum Gasteiger partial charge on any atom is -0.369 e. The van der Waals surface area contributed by atoms with Crippen molar-refractivity contribution in [2.45, 2.75) is 11.7 Å². The van der Waals surface area contributed by atoms with Crippen LogP contribution in [-0.4, -0.2) is 57.2 Å². The van der Waals surface area contributed by atoms with E-state index in [-0.39, 0.29) is 11.1 Å². The predicted molar refractivity (Wildman–Crippen MR) is 80.4 cm³/mol. The lowest BCUT2D eigenvalue weighted by Gasteiger charge is -2.36. The molecule has 0 radical (unpaired) electrons. The molecule has 2 fully saturated rings. The summed E-state index contributed by atoms with van der Waals surface area (Å²) in [5.41, 5.74) is 0.941. The quantitative estimate of drug-likeness (QED) is 0.890. The predicted octanol–water partition coefficient (Wildman–Crippen LogP) is 0.639. The third-order valence-electron chi connectivity index (χ3n) is 4.23. The maximum Gasteiger partial charge on any atom is 0.218 e. The Bertz CT molecular complexity index is 577. The van der Waals surface area contributed by atoms with Crippen LogP contribution in [0.15, 0.2) is 24.3 Å². The van der Waals surface area contributed by atoms with Crippen molar-refractivity contribution in [3.05, 3.63) is 30.1 Å². The van der Waals surface area contributed by atoms with Crippen LogP contribution in [0.5, 0.6) is 0 Å². The maximum absolute atomic E-state index is 12.9. The minimum absolute atomic E-state index is 0.256. The van der Waals surface area contributed by atoms with Crippen molar-refractivity contribution >= 4 is 15.7 Å². The smallest absolute Gasteiger partial charge is 0.218 e. The first-order valence-corrected chi connectivity index (χ1v) is 8.78. The Hall–Kier alpha value is -1.18. The summed E-state index contributed by atoms with van der Waals surface area (Å²) in [5.74, 6) is -0.256. The highest BCUT2D eigenvalue weighted by Crippen LogP contribution is 2.21. The van der Waals surface area contributed by atoms with Crippen LogP contribution in [0.25, 0.3) is 0 Å². The second-order valence-corrected chi connectivity index (χ2v) is 7.74. The molecule has 0 saturated carbocycles. The first-order chi connectivity index (χ1) is 10.1. The van der Waals surface area contributed by atoms with E-state index in [1.807, 2.05) is 0 Å². The Labute approximate surface area is 124 Å². The molecule has 2 heterocycles. The molecule has 0 aliphatic carbocycles. The number of sulfonamides is 1. The molecular weight excluding hydrogens is 293 g/mol. The highest BCUT2D eigenvalue weighted by atomic mass is 32.2. The molecule has 0 aromatic heterocycles. The highest BCUT2D eigenvalue weighted by molar-refractivity contribution is 7.89. The topological polar surface area (TPSA) is 52.7 Å². The summed E-state index contributed by atoms with van der Waals surface area (Å²) >= 11 is 0. The van der Waals surface area contributed by atoms with Crippen molar-refractivity contribution < 1.29 is 12.8 Å². The summed E-state index contributed by atoms with van der Waals surface area (Å²) in [7, 11) is -3.19. The van der Waals surface area contributed by atoms with Crippen molar-refractivity contribution in [3.8, 4) is 0 Å². The van der Waals surface area contributed by atoms with E-state index < -0.39 is 10.0 Å². The van der Waals surface area contributed by atoms with Gasteiger partial charge < -0.3 is 10.2 Å². The fourth-order valence-electron chi connectivity index (χ4n) is 2.95. The van der Waals surface area contributed by atoms with Gasteiger partial charge in [-0.05, 0) is 37.2 Å². The van der Waals surface area contributed by atoms with E-state index >= 15 is 0 Å². The van der Waals surface area contributed by atoms with E-state index in [1.54, 1.807) is 16.4 Å². The zero-order chi connectivity index (χ0) is 14.9. The molecule has 1 unspecified atom stereocenters. The molecule has 2 aliphatic heterocycles. The lowest BCUT2D eigenvalue weighted by atomic mass is 10.2. The van der Waals surface area contributed by atoms with Crippen LogP contribution in [0, 0.1) is 5.82 Å². The fourth-order valence-corrected chi connectivity index (χ4v) is 4.78. The molecule has 0 spiro atoms. The van der Waals surface area contributed by atoms with E-state index in [0.717, 1.165) is 12.2 Å². The molecule has 2 saturated heterocycles. The molecular formula is C14H20FN3O2S. The summed E-state index contributed by atoms with van der Waals surface area (Å²) in [4.78, 5) is 2.10. The number of nitrogens with zero attached hydrogens (tertiary/aromatic N) is 2. The van der Waals surface area contributed by atoms with Crippen molar-refractivity contribution in [1.82, 2.24) is 9.62 Å². The van der Waals surface area contributed by atoms with Gasteiger partial charge in [-0.3, -0.25) is 0 Å². The second kappa shape index (κ2) is 5.90. The van der Waals surface area contributed by atoms with E-state index in [4.69, 9.17) is 0 Å². The molecule has 116 valence electrons. The van der Waals surface area contributed by atoms with Gasteiger partial charge >= 0.3 is 0 Å². The second-order valence-electron chi connectivity index (χ2n) is 5.52. The number of rotatable bonds is 3. The van der Waals surface area contributed by atoms with Crippen LogP contribution in [0.1, 0.15) is 6.42 Å². The number of anilines is 1. The lowest BCUT2D eigenvalue weighted by molar-refractivity contribution is 0.379. The fraction of sp³-hybridized carbons (Fsp3) is 0.571. The largest absolute Gasteiger partial charge is 0.369 e. The van der Waals surface area contributed by atoms with Gasteiger partial charge in [-0.15, -0.1) is 0 Å². The van der Waals surface area contributed by atoms with Crippen LogP contribution >= 0.6 is 0 Å². The highest BCUT2D eigenvalue weighted by Gasteiger charge is 2.35. The van der Waals surface area contributed by atoms with Crippen molar-refractivity contribution in [2.75, 3.05) is 44.2 Å². The number of hydrogen-bond donors (Lipinski definition) is 1. The van der Waals surface area contributed by atoms with Gasteiger partial charge in [-0.1, -0.05) is 0 Å². The van der Waals surface area contributed by atoms with Crippen molar-refractivity contribution in [1.29, 1.82) is 0 Å². The molecule has 2 aliphatic rings. The van der Waals surface area contributed by atoms with Crippen molar-refractivity contribution in [3.63, 3.8) is 0 Å². The first-order valence-electron chi connectivity index (χ1n) is 7.27. The van der Waals surface area contributed by atoms with E-state index in [9.17, 15) is 12.8 Å². The van der Waals surface area contributed by atoms with Gasteiger partial charge in [-0.2, -0.15) is 4.31 Å². The Morgan fingerprint density at radius 3 is 2.33 bits per heavy atom. The molecule has 5 nitrogen and oxygen atoms in total. The van der Waals surface area contributed by atoms with Gasteiger partial charge in [0.05, 0.1) is 5.25 Å². The summed E-state index contributed by atoms with van der Waals surface area (Å²) in [6, 6.07) is 6.34. The maximum atomic E-state index is 12.9. The SMILES string of the molecule is O=S(=O)(C1CCNC1)N1CCN(c2ccc(F)cc2)CC1.